The van der Waals surface area contributed by atoms with Crippen molar-refractivity contribution in [1.29, 1.82) is 0 Å². The number of benzene rings is 1. The maximum absolute atomic E-state index is 12.5. The topological polar surface area (TPSA) is 90.0 Å². The van der Waals surface area contributed by atoms with E-state index in [0.717, 1.165) is 35.5 Å². The van der Waals surface area contributed by atoms with Gasteiger partial charge in [-0.3, -0.25) is 13.9 Å². The van der Waals surface area contributed by atoms with E-state index in [0.29, 0.717) is 11.3 Å². The number of amides is 1. The highest BCUT2D eigenvalue weighted by atomic mass is 16.1. The lowest BCUT2D eigenvalue weighted by molar-refractivity contribution is 0.102. The van der Waals surface area contributed by atoms with Gasteiger partial charge in [-0.1, -0.05) is 12.1 Å². The zero-order valence-electron chi connectivity index (χ0n) is 17.0. The lowest BCUT2D eigenvalue weighted by Gasteiger charge is -2.14. The maximum atomic E-state index is 12.5. The number of anilines is 1. The zero-order valence-corrected chi connectivity index (χ0v) is 17.0. The minimum atomic E-state index is -0.177. The third-order valence-electron chi connectivity index (χ3n) is 5.48. The summed E-state index contributed by atoms with van der Waals surface area (Å²) in [7, 11) is 0. The van der Waals surface area contributed by atoms with E-state index >= 15 is 0 Å². The van der Waals surface area contributed by atoms with Crippen molar-refractivity contribution in [3.63, 3.8) is 0 Å². The normalized spacial score (nSPS) is 13.6. The number of rotatable bonds is 4. The predicted octanol–water partition coefficient (Wildman–Crippen LogP) is 3.70. The number of carbonyl (C=O) groups excluding carboxylic acids is 1. The third kappa shape index (κ3) is 3.34. The number of hydrogen-bond acceptors (Lipinski definition) is 5. The summed E-state index contributed by atoms with van der Waals surface area (Å²) in [6, 6.07) is 7.88. The van der Waals surface area contributed by atoms with E-state index in [-0.39, 0.29) is 11.9 Å². The van der Waals surface area contributed by atoms with Gasteiger partial charge in [0.15, 0.2) is 0 Å². The van der Waals surface area contributed by atoms with Crippen molar-refractivity contribution in [3.05, 3.63) is 59.8 Å². The molecule has 1 N–H and O–H groups in total. The minimum Gasteiger partial charge on any atom is -0.322 e. The van der Waals surface area contributed by atoms with Crippen LogP contribution in [-0.4, -0.2) is 35.3 Å². The Morgan fingerprint density at radius 2 is 1.87 bits per heavy atom. The van der Waals surface area contributed by atoms with Gasteiger partial charge in [-0.05, 0) is 51.7 Å². The first kappa shape index (κ1) is 18.5. The van der Waals surface area contributed by atoms with Crippen LogP contribution in [0.2, 0.25) is 0 Å². The summed E-state index contributed by atoms with van der Waals surface area (Å²) >= 11 is 0. The highest BCUT2D eigenvalue weighted by Gasteiger charge is 2.17. The molecule has 0 fully saturated rings. The maximum Gasteiger partial charge on any atom is 0.258 e. The minimum absolute atomic E-state index is 0.177. The molecule has 1 amide bonds. The molecule has 3 aromatic heterocycles. The fraction of sp³-hybridized carbons (Fsp3) is 0.318. The molecule has 0 saturated carbocycles. The Morgan fingerprint density at radius 3 is 2.63 bits per heavy atom. The second kappa shape index (κ2) is 7.37. The van der Waals surface area contributed by atoms with Crippen molar-refractivity contribution in [1.82, 2.24) is 29.4 Å². The van der Waals surface area contributed by atoms with Crippen molar-refractivity contribution >= 4 is 17.4 Å². The Kier molecular flexibility index (Phi) is 4.54. The van der Waals surface area contributed by atoms with E-state index in [1.165, 1.54) is 18.5 Å². The monoisotopic (exact) mass is 401 g/mol. The standard InChI is InChI=1S/C22H23N7O/c1-14(2)29-12-16(11-23-29)21(30)24-17-9-7-15(8-10-17)19-13-28-20-6-4-3-5-18(20)26-27-22(28)25-19/h7-14H,3-6H2,1-2H3,(H,24,30). The summed E-state index contributed by atoms with van der Waals surface area (Å²) in [5.41, 5.74) is 5.38. The molecule has 1 aliphatic carbocycles. The molecule has 0 unspecified atom stereocenters. The highest BCUT2D eigenvalue weighted by Crippen LogP contribution is 2.24. The molecule has 0 radical (unpaired) electrons. The molecule has 1 aromatic carbocycles. The fourth-order valence-electron chi connectivity index (χ4n) is 3.79. The molecule has 5 rings (SSSR count). The summed E-state index contributed by atoms with van der Waals surface area (Å²) in [5, 5.41) is 15.8. The van der Waals surface area contributed by atoms with Gasteiger partial charge in [0, 0.05) is 35.4 Å². The van der Waals surface area contributed by atoms with Gasteiger partial charge in [0.05, 0.1) is 23.1 Å². The van der Waals surface area contributed by atoms with Crippen LogP contribution in [0.5, 0.6) is 0 Å². The molecular formula is C22H23N7O. The van der Waals surface area contributed by atoms with Gasteiger partial charge in [-0.2, -0.15) is 10.2 Å². The molecule has 0 bridgehead atoms. The average Bonchev–Trinajstić information content (AvgIpc) is 3.42. The van der Waals surface area contributed by atoms with E-state index < -0.39 is 0 Å². The molecule has 8 nitrogen and oxygen atoms in total. The Bertz CT molecular complexity index is 1220. The molecular weight excluding hydrogens is 378 g/mol. The molecule has 0 saturated heterocycles. The van der Waals surface area contributed by atoms with Crippen LogP contribution in [0.4, 0.5) is 5.69 Å². The molecule has 1 aliphatic rings. The molecule has 8 heteroatoms. The third-order valence-corrected chi connectivity index (χ3v) is 5.48. The second-order valence-electron chi connectivity index (χ2n) is 7.93. The molecule has 3 heterocycles. The SMILES string of the molecule is CC(C)n1cc(C(=O)Nc2ccc(-c3cn4c5c(nnc4n3)CCCC5)cc2)cn1. The van der Waals surface area contributed by atoms with Crippen LogP contribution in [-0.2, 0) is 12.8 Å². The van der Waals surface area contributed by atoms with E-state index in [2.05, 4.69) is 30.0 Å². The van der Waals surface area contributed by atoms with Gasteiger partial charge in [0.1, 0.15) is 0 Å². The van der Waals surface area contributed by atoms with Crippen LogP contribution < -0.4 is 5.32 Å². The van der Waals surface area contributed by atoms with Gasteiger partial charge in [-0.25, -0.2) is 4.98 Å². The summed E-state index contributed by atoms with van der Waals surface area (Å²) in [6.07, 6.45) is 9.70. The number of carbonyl (C=O) groups is 1. The summed E-state index contributed by atoms with van der Waals surface area (Å²) < 4.78 is 3.84. The summed E-state index contributed by atoms with van der Waals surface area (Å²) in [4.78, 5) is 17.1. The van der Waals surface area contributed by atoms with Crippen LogP contribution in [0.25, 0.3) is 17.0 Å². The smallest absolute Gasteiger partial charge is 0.258 e. The molecule has 30 heavy (non-hydrogen) atoms. The molecule has 152 valence electrons. The molecule has 0 aliphatic heterocycles. The number of hydrogen-bond donors (Lipinski definition) is 1. The van der Waals surface area contributed by atoms with Gasteiger partial charge in [-0.15, -0.1) is 5.10 Å². The zero-order chi connectivity index (χ0) is 20.7. The van der Waals surface area contributed by atoms with Gasteiger partial charge in [0.2, 0.25) is 0 Å². The molecule has 0 spiro atoms. The number of nitrogens with zero attached hydrogens (tertiary/aromatic N) is 6. The average molecular weight is 401 g/mol. The second-order valence-corrected chi connectivity index (χ2v) is 7.93. The van der Waals surface area contributed by atoms with E-state index in [1.54, 1.807) is 17.1 Å². The van der Waals surface area contributed by atoms with Crippen molar-refractivity contribution in [2.45, 2.75) is 45.6 Å². The number of nitrogens with one attached hydrogen (secondary N) is 1. The van der Waals surface area contributed by atoms with Gasteiger partial charge in [0.25, 0.3) is 11.7 Å². The largest absolute Gasteiger partial charge is 0.322 e. The first-order valence-electron chi connectivity index (χ1n) is 10.3. The quantitative estimate of drug-likeness (QED) is 0.563. The Labute approximate surface area is 174 Å². The summed E-state index contributed by atoms with van der Waals surface area (Å²) in [6.45, 7) is 4.04. The van der Waals surface area contributed by atoms with Gasteiger partial charge < -0.3 is 5.32 Å². The number of fused-ring (bicyclic) bond motifs is 3. The van der Waals surface area contributed by atoms with Gasteiger partial charge >= 0.3 is 0 Å². The predicted molar refractivity (Wildman–Crippen MR) is 113 cm³/mol. The van der Waals surface area contributed by atoms with Crippen LogP contribution in [0.1, 0.15) is 54.5 Å². The van der Waals surface area contributed by atoms with Crippen molar-refractivity contribution in [2.75, 3.05) is 5.32 Å². The van der Waals surface area contributed by atoms with E-state index in [4.69, 9.17) is 0 Å². The Hall–Kier alpha value is -3.55. The van der Waals surface area contributed by atoms with E-state index in [1.807, 2.05) is 44.3 Å². The summed E-state index contributed by atoms with van der Waals surface area (Å²) in [5.74, 6) is 0.453. The Morgan fingerprint density at radius 1 is 1.07 bits per heavy atom. The lowest BCUT2D eigenvalue weighted by atomic mass is 10.0. The first-order chi connectivity index (χ1) is 14.6. The Balaban J connectivity index is 1.36. The van der Waals surface area contributed by atoms with Crippen LogP contribution in [0.3, 0.4) is 0 Å². The fourth-order valence-corrected chi connectivity index (χ4v) is 3.79. The van der Waals surface area contributed by atoms with Crippen LogP contribution in [0, 0.1) is 0 Å². The van der Waals surface area contributed by atoms with E-state index in [9.17, 15) is 4.79 Å². The van der Waals surface area contributed by atoms with Crippen LogP contribution in [0.15, 0.2) is 42.9 Å². The number of aryl methyl sites for hydroxylation is 2. The van der Waals surface area contributed by atoms with Crippen LogP contribution >= 0.6 is 0 Å². The van der Waals surface area contributed by atoms with Crippen molar-refractivity contribution < 1.29 is 4.79 Å². The molecule has 4 aromatic rings. The highest BCUT2D eigenvalue weighted by molar-refractivity contribution is 6.04. The molecule has 0 atom stereocenters. The number of imidazole rings is 1. The van der Waals surface area contributed by atoms with Crippen molar-refractivity contribution in [3.8, 4) is 11.3 Å². The first-order valence-corrected chi connectivity index (χ1v) is 10.3. The van der Waals surface area contributed by atoms with Crippen molar-refractivity contribution in [2.24, 2.45) is 0 Å². The lowest BCUT2D eigenvalue weighted by Crippen LogP contribution is -2.12. The number of aromatic nitrogens is 6.